The van der Waals surface area contributed by atoms with Crippen LogP contribution in [-0.2, 0) is 0 Å². The maximum absolute atomic E-state index is 8.52. The minimum absolute atomic E-state index is 0.668. The van der Waals surface area contributed by atoms with Crippen LogP contribution in [0.3, 0.4) is 0 Å². The van der Waals surface area contributed by atoms with Gasteiger partial charge >= 0.3 is 0 Å². The largest absolute Gasteiger partial charge is 0.197 e. The lowest BCUT2D eigenvalue weighted by Crippen LogP contribution is -1.84. The van der Waals surface area contributed by atoms with Gasteiger partial charge in [-0.1, -0.05) is 40.2 Å². The molecule has 0 aliphatic rings. The standard InChI is InChI=1S/C11H7BrN2/c12-11-5-3-9(4-6-11)1-2-10(7-13)8-14/h1-6,10H. The fourth-order valence-electron chi connectivity index (χ4n) is 0.896. The smallest absolute Gasteiger partial charge is 0.151 e. The maximum Gasteiger partial charge on any atom is 0.151 e. The second-order valence-electron chi connectivity index (χ2n) is 2.65. The summed E-state index contributed by atoms with van der Waals surface area (Å²) in [5.41, 5.74) is 0.976. The Kier molecular flexibility index (Phi) is 3.91. The van der Waals surface area contributed by atoms with Crippen molar-refractivity contribution >= 4 is 22.0 Å². The molecule has 0 saturated heterocycles. The number of halogens is 1. The molecular formula is C11H7BrN2. The minimum atomic E-state index is -0.668. The van der Waals surface area contributed by atoms with Gasteiger partial charge in [0.25, 0.3) is 0 Å². The van der Waals surface area contributed by atoms with E-state index in [0.29, 0.717) is 0 Å². The molecule has 68 valence electrons. The highest BCUT2D eigenvalue weighted by Gasteiger charge is 1.97. The molecule has 0 amide bonds. The molecule has 0 radical (unpaired) electrons. The number of hydrogen-bond acceptors (Lipinski definition) is 2. The highest BCUT2D eigenvalue weighted by atomic mass is 79.9. The molecule has 3 heteroatoms. The zero-order valence-corrected chi connectivity index (χ0v) is 8.90. The number of allylic oxidation sites excluding steroid dienone is 1. The molecule has 1 aromatic carbocycles. The van der Waals surface area contributed by atoms with Crippen LogP contribution in [0.1, 0.15) is 5.56 Å². The minimum Gasteiger partial charge on any atom is -0.197 e. The van der Waals surface area contributed by atoms with Gasteiger partial charge in [0, 0.05) is 4.47 Å². The molecular weight excluding hydrogens is 240 g/mol. The van der Waals surface area contributed by atoms with E-state index < -0.39 is 5.92 Å². The molecule has 0 aliphatic heterocycles. The van der Waals surface area contributed by atoms with Crippen LogP contribution in [0.5, 0.6) is 0 Å². The van der Waals surface area contributed by atoms with Crippen LogP contribution >= 0.6 is 15.9 Å². The molecule has 0 spiro atoms. The fraction of sp³-hybridized carbons (Fsp3) is 0.0909. The average molecular weight is 247 g/mol. The van der Waals surface area contributed by atoms with E-state index in [1.165, 1.54) is 0 Å². The molecule has 0 bridgehead atoms. The van der Waals surface area contributed by atoms with Gasteiger partial charge < -0.3 is 0 Å². The summed E-state index contributed by atoms with van der Waals surface area (Å²) in [6.07, 6.45) is 3.35. The van der Waals surface area contributed by atoms with Crippen molar-refractivity contribution in [2.45, 2.75) is 0 Å². The Morgan fingerprint density at radius 1 is 1.14 bits per heavy atom. The summed E-state index contributed by atoms with van der Waals surface area (Å²) in [4.78, 5) is 0. The van der Waals surface area contributed by atoms with E-state index in [9.17, 15) is 0 Å². The van der Waals surface area contributed by atoms with E-state index >= 15 is 0 Å². The lowest BCUT2D eigenvalue weighted by molar-refractivity contribution is 1.10. The van der Waals surface area contributed by atoms with Gasteiger partial charge in [0.2, 0.25) is 0 Å². The molecule has 0 aliphatic carbocycles. The van der Waals surface area contributed by atoms with Crippen LogP contribution in [0.15, 0.2) is 34.8 Å². The van der Waals surface area contributed by atoms with Gasteiger partial charge in [-0.2, -0.15) is 10.5 Å². The van der Waals surface area contributed by atoms with Gasteiger partial charge in [0.1, 0.15) is 0 Å². The van der Waals surface area contributed by atoms with E-state index in [1.54, 1.807) is 12.2 Å². The van der Waals surface area contributed by atoms with Gasteiger partial charge in [-0.3, -0.25) is 0 Å². The van der Waals surface area contributed by atoms with Crippen molar-refractivity contribution in [3.63, 3.8) is 0 Å². The molecule has 0 heterocycles. The van der Waals surface area contributed by atoms with E-state index in [1.807, 2.05) is 36.4 Å². The van der Waals surface area contributed by atoms with Gasteiger partial charge in [-0.15, -0.1) is 0 Å². The predicted octanol–water partition coefficient (Wildman–Crippen LogP) is 3.13. The zero-order chi connectivity index (χ0) is 10.4. The van der Waals surface area contributed by atoms with Crippen LogP contribution in [0.2, 0.25) is 0 Å². The summed E-state index contributed by atoms with van der Waals surface area (Å²) in [5.74, 6) is -0.668. The quantitative estimate of drug-likeness (QED) is 0.805. The second kappa shape index (κ2) is 5.21. The molecule has 0 unspecified atom stereocenters. The van der Waals surface area contributed by atoms with Crippen LogP contribution in [0, 0.1) is 28.6 Å². The molecule has 0 saturated carbocycles. The Hall–Kier alpha value is -1.58. The predicted molar refractivity (Wildman–Crippen MR) is 57.9 cm³/mol. The molecule has 1 aromatic rings. The lowest BCUT2D eigenvalue weighted by Gasteiger charge is -1.93. The number of nitrogens with zero attached hydrogens (tertiary/aromatic N) is 2. The third kappa shape index (κ3) is 3.05. The van der Waals surface area contributed by atoms with Crippen LogP contribution in [0.4, 0.5) is 0 Å². The van der Waals surface area contributed by atoms with Crippen molar-refractivity contribution < 1.29 is 0 Å². The zero-order valence-electron chi connectivity index (χ0n) is 7.31. The Balaban J connectivity index is 2.75. The summed E-state index contributed by atoms with van der Waals surface area (Å²) in [5, 5.41) is 17.0. The summed E-state index contributed by atoms with van der Waals surface area (Å²) in [7, 11) is 0. The lowest BCUT2D eigenvalue weighted by atomic mass is 10.1. The average Bonchev–Trinajstić information content (AvgIpc) is 2.22. The topological polar surface area (TPSA) is 47.6 Å². The van der Waals surface area contributed by atoms with Crippen molar-refractivity contribution in [3.05, 3.63) is 40.4 Å². The van der Waals surface area contributed by atoms with E-state index in [0.717, 1.165) is 10.0 Å². The summed E-state index contributed by atoms with van der Waals surface area (Å²) >= 11 is 3.32. The summed E-state index contributed by atoms with van der Waals surface area (Å²) in [6.45, 7) is 0. The SMILES string of the molecule is N#CC(C#N)C=Cc1ccc(Br)cc1. The van der Waals surface area contributed by atoms with Crippen LogP contribution in [0.25, 0.3) is 6.08 Å². The number of hydrogen-bond donors (Lipinski definition) is 0. The highest BCUT2D eigenvalue weighted by molar-refractivity contribution is 9.10. The van der Waals surface area contributed by atoms with Gasteiger partial charge in [0.15, 0.2) is 5.92 Å². The molecule has 1 rings (SSSR count). The molecule has 0 N–H and O–H groups in total. The van der Waals surface area contributed by atoms with E-state index in [2.05, 4.69) is 15.9 Å². The Morgan fingerprint density at radius 3 is 2.21 bits per heavy atom. The van der Waals surface area contributed by atoms with Gasteiger partial charge in [-0.05, 0) is 17.7 Å². The van der Waals surface area contributed by atoms with Crippen LogP contribution in [-0.4, -0.2) is 0 Å². The Labute approximate surface area is 91.2 Å². The van der Waals surface area contributed by atoms with Crippen molar-refractivity contribution in [2.75, 3.05) is 0 Å². The van der Waals surface area contributed by atoms with Crippen molar-refractivity contribution in [1.29, 1.82) is 10.5 Å². The Bertz CT molecular complexity index is 392. The van der Waals surface area contributed by atoms with E-state index in [4.69, 9.17) is 10.5 Å². The first-order valence-corrected chi connectivity index (χ1v) is 4.78. The highest BCUT2D eigenvalue weighted by Crippen LogP contribution is 2.12. The van der Waals surface area contributed by atoms with Crippen molar-refractivity contribution in [1.82, 2.24) is 0 Å². The second-order valence-corrected chi connectivity index (χ2v) is 3.56. The normalized spacial score (nSPS) is 10.0. The third-order valence-corrected chi connectivity index (χ3v) is 2.16. The monoisotopic (exact) mass is 246 g/mol. The number of benzene rings is 1. The first-order valence-electron chi connectivity index (χ1n) is 3.99. The first kappa shape index (κ1) is 10.5. The van der Waals surface area contributed by atoms with Crippen LogP contribution < -0.4 is 0 Å². The molecule has 0 aromatic heterocycles. The first-order chi connectivity index (χ1) is 6.76. The summed E-state index contributed by atoms with van der Waals surface area (Å²) in [6, 6.07) is 11.4. The van der Waals surface area contributed by atoms with Crippen molar-refractivity contribution in [2.24, 2.45) is 5.92 Å². The maximum atomic E-state index is 8.52. The van der Waals surface area contributed by atoms with E-state index in [-0.39, 0.29) is 0 Å². The van der Waals surface area contributed by atoms with Crippen molar-refractivity contribution in [3.8, 4) is 12.1 Å². The molecule has 14 heavy (non-hydrogen) atoms. The van der Waals surface area contributed by atoms with Gasteiger partial charge in [-0.25, -0.2) is 0 Å². The number of nitriles is 2. The van der Waals surface area contributed by atoms with Gasteiger partial charge in [0.05, 0.1) is 12.1 Å². The fourth-order valence-corrected chi connectivity index (χ4v) is 1.16. The molecule has 0 atom stereocenters. The Morgan fingerprint density at radius 2 is 1.71 bits per heavy atom. The number of rotatable bonds is 2. The summed E-state index contributed by atoms with van der Waals surface area (Å²) < 4.78 is 1.01. The molecule has 0 fully saturated rings. The molecule has 2 nitrogen and oxygen atoms in total. The third-order valence-electron chi connectivity index (χ3n) is 1.63.